The number of anilines is 1. The van der Waals surface area contributed by atoms with Gasteiger partial charge in [-0.2, -0.15) is 0 Å². The molecule has 0 spiro atoms. The zero-order valence-electron chi connectivity index (χ0n) is 19.7. The Kier molecular flexibility index (Phi) is 5.86. The molecule has 170 valence electrons. The molecule has 8 nitrogen and oxygen atoms in total. The van der Waals surface area contributed by atoms with Crippen molar-refractivity contribution in [1.29, 1.82) is 0 Å². The number of pyridine rings is 1. The fraction of sp³-hybridized carbons (Fsp3) is 0.609. The first-order valence-electron chi connectivity index (χ1n) is 11.3. The molecule has 0 N–H and O–H groups in total. The lowest BCUT2D eigenvalue weighted by Gasteiger charge is -2.42. The fourth-order valence-corrected chi connectivity index (χ4v) is 4.43. The quantitative estimate of drug-likeness (QED) is 0.688. The van der Waals surface area contributed by atoms with Crippen LogP contribution in [0.2, 0.25) is 0 Å². The third-order valence-electron chi connectivity index (χ3n) is 6.45. The highest BCUT2D eigenvalue weighted by Gasteiger charge is 2.37. The summed E-state index contributed by atoms with van der Waals surface area (Å²) in [7, 11) is 8.08. The van der Waals surface area contributed by atoms with Crippen molar-refractivity contribution in [1.82, 2.24) is 19.4 Å². The van der Waals surface area contributed by atoms with Crippen molar-refractivity contribution in [2.24, 2.45) is 0 Å². The summed E-state index contributed by atoms with van der Waals surface area (Å²) >= 11 is 0. The average molecular weight is 437 g/mol. The van der Waals surface area contributed by atoms with E-state index in [4.69, 9.17) is 17.6 Å². The van der Waals surface area contributed by atoms with E-state index in [2.05, 4.69) is 9.47 Å². The Morgan fingerprint density at radius 3 is 2.41 bits per heavy atom. The van der Waals surface area contributed by atoms with Crippen LogP contribution in [-0.4, -0.2) is 84.1 Å². The van der Waals surface area contributed by atoms with Gasteiger partial charge in [0.1, 0.15) is 24.9 Å². The molecule has 32 heavy (non-hydrogen) atoms. The smallest absolute Gasteiger partial charge is 0.410 e. The molecule has 0 aromatic carbocycles. The maximum Gasteiger partial charge on any atom is 0.410 e. The Bertz CT molecular complexity index is 1020. The molecule has 4 rings (SSSR count). The molecule has 1 saturated carbocycles. The first-order chi connectivity index (χ1) is 15.0. The number of carbonyl (C=O) groups excluding carboxylic acids is 2. The van der Waals surface area contributed by atoms with Crippen LogP contribution in [0.15, 0.2) is 18.3 Å². The molecular weight excluding hydrogens is 405 g/mol. The minimum Gasteiger partial charge on any atom is -0.444 e. The van der Waals surface area contributed by atoms with Crippen LogP contribution >= 0.6 is 0 Å². The van der Waals surface area contributed by atoms with E-state index in [9.17, 15) is 9.59 Å². The van der Waals surface area contributed by atoms with Crippen molar-refractivity contribution in [2.75, 3.05) is 38.1 Å². The molecular formula is C23H32BN5O3. The number of amides is 2. The van der Waals surface area contributed by atoms with E-state index in [1.54, 1.807) is 18.9 Å². The molecule has 0 bridgehead atoms. The summed E-state index contributed by atoms with van der Waals surface area (Å²) in [5.41, 5.74) is 1.08. The molecule has 1 saturated heterocycles. The van der Waals surface area contributed by atoms with Crippen LogP contribution in [0, 0.1) is 0 Å². The highest BCUT2D eigenvalue weighted by molar-refractivity contribution is 6.38. The molecule has 2 radical (unpaired) electrons. The third-order valence-corrected chi connectivity index (χ3v) is 6.45. The van der Waals surface area contributed by atoms with Gasteiger partial charge >= 0.3 is 6.09 Å². The SMILES string of the molecule is [B]c1cn(C2CC(N(C)C(=O)OC(C)(C)C)C2)c2nc(N3CCN(C(C)=O)CC3)ccc12. The third kappa shape index (κ3) is 4.43. The Morgan fingerprint density at radius 2 is 1.81 bits per heavy atom. The number of carbonyl (C=O) groups is 2. The monoisotopic (exact) mass is 437 g/mol. The van der Waals surface area contributed by atoms with E-state index in [1.807, 2.05) is 44.0 Å². The second-order valence-corrected chi connectivity index (χ2v) is 9.90. The maximum absolute atomic E-state index is 12.4. The van der Waals surface area contributed by atoms with Gasteiger partial charge in [-0.25, -0.2) is 9.78 Å². The standard InChI is InChI=1S/C23H32BN5O3/c1-15(30)27-8-10-28(11-9-27)20-7-6-18-19(24)14-29(21(18)25-20)17-12-16(13-17)26(5)22(31)32-23(2,3)4/h6-7,14,16-17H,8-13H2,1-5H3. The maximum atomic E-state index is 12.4. The van der Waals surface area contributed by atoms with Gasteiger partial charge in [-0.1, -0.05) is 5.46 Å². The molecule has 0 atom stereocenters. The molecule has 2 fully saturated rings. The molecule has 2 aromatic rings. The predicted octanol–water partition coefficient (Wildman–Crippen LogP) is 2.07. The number of hydrogen-bond acceptors (Lipinski definition) is 5. The Morgan fingerprint density at radius 1 is 1.16 bits per heavy atom. The van der Waals surface area contributed by atoms with Crippen LogP contribution < -0.4 is 10.4 Å². The van der Waals surface area contributed by atoms with E-state index in [1.165, 1.54) is 0 Å². The second-order valence-electron chi connectivity index (χ2n) is 9.90. The average Bonchev–Trinajstić information content (AvgIpc) is 3.01. The number of fused-ring (bicyclic) bond motifs is 1. The summed E-state index contributed by atoms with van der Waals surface area (Å²) in [6.07, 6.45) is 3.34. The van der Waals surface area contributed by atoms with E-state index in [0.717, 1.165) is 42.8 Å². The van der Waals surface area contributed by atoms with Crippen LogP contribution in [0.1, 0.15) is 46.6 Å². The summed E-state index contributed by atoms with van der Waals surface area (Å²) < 4.78 is 7.65. The highest BCUT2D eigenvalue weighted by Crippen LogP contribution is 2.37. The highest BCUT2D eigenvalue weighted by atomic mass is 16.6. The van der Waals surface area contributed by atoms with Gasteiger partial charge in [0, 0.05) is 57.6 Å². The number of nitrogens with zero attached hydrogens (tertiary/aromatic N) is 5. The van der Waals surface area contributed by atoms with Crippen molar-refractivity contribution in [3.63, 3.8) is 0 Å². The van der Waals surface area contributed by atoms with Crippen molar-refractivity contribution >= 4 is 42.2 Å². The van der Waals surface area contributed by atoms with Gasteiger partial charge in [-0.15, -0.1) is 0 Å². The molecule has 3 heterocycles. The van der Waals surface area contributed by atoms with Gasteiger partial charge in [-0.05, 0) is 51.9 Å². The lowest BCUT2D eigenvalue weighted by atomic mass is 9.85. The minimum absolute atomic E-state index is 0.116. The van der Waals surface area contributed by atoms with Crippen LogP contribution in [-0.2, 0) is 9.53 Å². The molecule has 1 aliphatic heterocycles. The number of rotatable bonds is 3. The Balaban J connectivity index is 1.47. The van der Waals surface area contributed by atoms with E-state index in [0.29, 0.717) is 18.6 Å². The molecule has 2 amide bonds. The molecule has 2 aromatic heterocycles. The topological polar surface area (TPSA) is 70.9 Å². The molecule has 0 unspecified atom stereocenters. The number of piperazine rings is 1. The minimum atomic E-state index is -0.504. The van der Waals surface area contributed by atoms with Gasteiger partial charge in [0.15, 0.2) is 0 Å². The van der Waals surface area contributed by atoms with Gasteiger partial charge in [0.05, 0.1) is 0 Å². The predicted molar refractivity (Wildman–Crippen MR) is 126 cm³/mol. The summed E-state index contributed by atoms with van der Waals surface area (Å²) in [5.74, 6) is 1.02. The number of aromatic nitrogens is 2. The first kappa shape index (κ1) is 22.5. The van der Waals surface area contributed by atoms with Crippen molar-refractivity contribution in [3.05, 3.63) is 18.3 Å². The second kappa shape index (κ2) is 8.33. The van der Waals surface area contributed by atoms with E-state index < -0.39 is 5.60 Å². The van der Waals surface area contributed by atoms with Crippen LogP contribution in [0.4, 0.5) is 10.6 Å². The summed E-state index contributed by atoms with van der Waals surface area (Å²) in [6, 6.07) is 4.41. The van der Waals surface area contributed by atoms with Gasteiger partial charge in [-0.3, -0.25) is 4.79 Å². The zero-order valence-corrected chi connectivity index (χ0v) is 19.7. The van der Waals surface area contributed by atoms with E-state index >= 15 is 0 Å². The zero-order chi connectivity index (χ0) is 23.2. The van der Waals surface area contributed by atoms with Crippen LogP contribution in [0.25, 0.3) is 11.0 Å². The first-order valence-corrected chi connectivity index (χ1v) is 11.3. The summed E-state index contributed by atoms with van der Waals surface area (Å²) in [4.78, 5) is 34.7. The van der Waals surface area contributed by atoms with Crippen molar-refractivity contribution in [2.45, 2.75) is 58.2 Å². The fourth-order valence-electron chi connectivity index (χ4n) is 4.43. The Hall–Kier alpha value is -2.71. The van der Waals surface area contributed by atoms with Crippen molar-refractivity contribution < 1.29 is 14.3 Å². The summed E-state index contributed by atoms with van der Waals surface area (Å²) in [6.45, 7) is 10.2. The summed E-state index contributed by atoms with van der Waals surface area (Å²) in [5, 5.41) is 0.945. The van der Waals surface area contributed by atoms with Gasteiger partial charge in [0.2, 0.25) is 5.91 Å². The molecule has 1 aliphatic carbocycles. The lowest BCUT2D eigenvalue weighted by Crippen LogP contribution is -2.48. The largest absolute Gasteiger partial charge is 0.444 e. The van der Waals surface area contributed by atoms with Crippen LogP contribution in [0.5, 0.6) is 0 Å². The number of ether oxygens (including phenoxy) is 1. The van der Waals surface area contributed by atoms with Gasteiger partial charge < -0.3 is 24.0 Å². The molecule has 9 heteroatoms. The lowest BCUT2D eigenvalue weighted by molar-refractivity contribution is -0.129. The normalized spacial score (nSPS) is 21.4. The van der Waals surface area contributed by atoms with Gasteiger partial charge in [0.25, 0.3) is 0 Å². The van der Waals surface area contributed by atoms with Crippen LogP contribution in [0.3, 0.4) is 0 Å². The van der Waals surface area contributed by atoms with Crippen molar-refractivity contribution in [3.8, 4) is 0 Å². The molecule has 2 aliphatic rings. The van der Waals surface area contributed by atoms with E-state index in [-0.39, 0.29) is 24.1 Å². The Labute approximate surface area is 190 Å². The number of hydrogen-bond donors (Lipinski definition) is 0.